The van der Waals surface area contributed by atoms with E-state index in [0.717, 1.165) is 22.8 Å². The molecule has 2 N–H and O–H groups in total. The fourth-order valence-corrected chi connectivity index (χ4v) is 2.86. The van der Waals surface area contributed by atoms with Crippen LogP contribution in [0.25, 0.3) is 0 Å². The second-order valence-corrected chi connectivity index (χ2v) is 6.85. The minimum absolute atomic E-state index is 0.492. The third kappa shape index (κ3) is 4.86. The summed E-state index contributed by atoms with van der Waals surface area (Å²) < 4.78 is 0. The standard InChI is InChI=1S/C24H22N6/c1-17-13-15-21(16-14-17)29-30-22-18(2)25-24(27-20-11-7-4-8-12-20)28-23(22)26-19-9-5-3-6-10-19/h3-16H,1-2H3,(H2,25,26,27,28). The van der Waals surface area contributed by atoms with Crippen molar-refractivity contribution in [2.24, 2.45) is 10.2 Å². The second kappa shape index (κ2) is 8.96. The number of aryl methyl sites for hydroxylation is 2. The van der Waals surface area contributed by atoms with Crippen molar-refractivity contribution >= 4 is 34.5 Å². The van der Waals surface area contributed by atoms with Crippen LogP contribution in [0.15, 0.2) is 95.2 Å². The maximum atomic E-state index is 4.66. The quantitative estimate of drug-likeness (QED) is 0.345. The molecular formula is C24H22N6. The van der Waals surface area contributed by atoms with Gasteiger partial charge in [-0.25, -0.2) is 4.98 Å². The molecule has 0 unspecified atom stereocenters. The molecular weight excluding hydrogens is 372 g/mol. The van der Waals surface area contributed by atoms with Crippen LogP contribution in [-0.2, 0) is 0 Å². The monoisotopic (exact) mass is 394 g/mol. The summed E-state index contributed by atoms with van der Waals surface area (Å²) in [6, 6.07) is 27.6. The predicted octanol–water partition coefficient (Wildman–Crippen LogP) is 7.00. The zero-order valence-corrected chi connectivity index (χ0v) is 16.9. The highest BCUT2D eigenvalue weighted by Gasteiger charge is 2.13. The molecule has 0 spiro atoms. The number of azo groups is 1. The minimum atomic E-state index is 0.492. The number of hydrogen-bond acceptors (Lipinski definition) is 6. The van der Waals surface area contributed by atoms with Gasteiger partial charge < -0.3 is 10.6 Å². The van der Waals surface area contributed by atoms with Crippen LogP contribution in [0.1, 0.15) is 11.3 Å². The normalized spacial score (nSPS) is 10.9. The Labute approximate surface area is 175 Å². The Morgan fingerprint density at radius 3 is 1.87 bits per heavy atom. The molecule has 0 saturated heterocycles. The summed E-state index contributed by atoms with van der Waals surface area (Å²) in [4.78, 5) is 9.24. The van der Waals surface area contributed by atoms with Gasteiger partial charge in [-0.15, -0.1) is 5.11 Å². The molecule has 0 amide bonds. The smallest absolute Gasteiger partial charge is 0.229 e. The van der Waals surface area contributed by atoms with Crippen molar-refractivity contribution in [2.45, 2.75) is 13.8 Å². The molecule has 0 radical (unpaired) electrons. The Kier molecular flexibility index (Phi) is 5.75. The summed E-state index contributed by atoms with van der Waals surface area (Å²) >= 11 is 0. The van der Waals surface area contributed by atoms with Crippen LogP contribution >= 0.6 is 0 Å². The lowest BCUT2D eigenvalue weighted by atomic mass is 10.2. The van der Waals surface area contributed by atoms with Gasteiger partial charge >= 0.3 is 0 Å². The Bertz CT molecular complexity index is 1140. The van der Waals surface area contributed by atoms with Crippen LogP contribution in [0, 0.1) is 13.8 Å². The highest BCUT2D eigenvalue weighted by molar-refractivity contribution is 5.71. The third-order valence-electron chi connectivity index (χ3n) is 4.42. The molecule has 0 bridgehead atoms. The molecule has 0 aliphatic heterocycles. The first kappa shape index (κ1) is 19.3. The van der Waals surface area contributed by atoms with Gasteiger partial charge in [0.05, 0.1) is 11.4 Å². The number of nitrogens with zero attached hydrogens (tertiary/aromatic N) is 4. The Morgan fingerprint density at radius 1 is 0.633 bits per heavy atom. The van der Waals surface area contributed by atoms with Crippen molar-refractivity contribution < 1.29 is 0 Å². The van der Waals surface area contributed by atoms with E-state index in [4.69, 9.17) is 0 Å². The number of benzene rings is 3. The molecule has 3 aromatic carbocycles. The number of hydrogen-bond donors (Lipinski definition) is 2. The van der Waals surface area contributed by atoms with Gasteiger partial charge in [-0.05, 0) is 50.2 Å². The van der Waals surface area contributed by atoms with Crippen molar-refractivity contribution in [3.63, 3.8) is 0 Å². The fourth-order valence-electron chi connectivity index (χ4n) is 2.86. The molecule has 1 aromatic heterocycles. The zero-order valence-electron chi connectivity index (χ0n) is 16.9. The number of nitrogens with one attached hydrogen (secondary N) is 2. The van der Waals surface area contributed by atoms with Gasteiger partial charge in [0, 0.05) is 11.4 Å². The first-order valence-corrected chi connectivity index (χ1v) is 9.68. The van der Waals surface area contributed by atoms with E-state index in [2.05, 4.69) is 30.8 Å². The van der Waals surface area contributed by atoms with Gasteiger partial charge in [0.15, 0.2) is 5.82 Å². The van der Waals surface area contributed by atoms with Gasteiger partial charge in [-0.3, -0.25) is 0 Å². The molecule has 0 aliphatic rings. The van der Waals surface area contributed by atoms with Crippen LogP contribution in [0.2, 0.25) is 0 Å². The summed E-state index contributed by atoms with van der Waals surface area (Å²) in [6.45, 7) is 3.94. The molecule has 0 saturated carbocycles. The molecule has 0 atom stereocenters. The first-order valence-electron chi connectivity index (χ1n) is 9.68. The van der Waals surface area contributed by atoms with Gasteiger partial charge in [0.2, 0.25) is 5.95 Å². The number of rotatable bonds is 6. The van der Waals surface area contributed by atoms with E-state index >= 15 is 0 Å². The number of anilines is 4. The highest BCUT2D eigenvalue weighted by atomic mass is 15.2. The second-order valence-electron chi connectivity index (χ2n) is 6.85. The molecule has 30 heavy (non-hydrogen) atoms. The minimum Gasteiger partial charge on any atom is -0.338 e. The van der Waals surface area contributed by atoms with Gasteiger partial charge in [0.25, 0.3) is 0 Å². The van der Waals surface area contributed by atoms with E-state index in [1.54, 1.807) is 0 Å². The summed E-state index contributed by atoms with van der Waals surface area (Å²) in [7, 11) is 0. The van der Waals surface area contributed by atoms with Crippen molar-refractivity contribution in [2.75, 3.05) is 10.6 Å². The van der Waals surface area contributed by atoms with Crippen LogP contribution in [0.3, 0.4) is 0 Å². The highest BCUT2D eigenvalue weighted by Crippen LogP contribution is 2.32. The average Bonchev–Trinajstić information content (AvgIpc) is 2.76. The number of para-hydroxylation sites is 2. The SMILES string of the molecule is Cc1ccc(N=Nc2c(C)nc(Nc3ccccc3)nc2Nc2ccccc2)cc1. The molecule has 4 rings (SSSR count). The molecule has 6 heteroatoms. The van der Waals surface area contributed by atoms with Crippen LogP contribution in [0.4, 0.5) is 34.5 Å². The van der Waals surface area contributed by atoms with Crippen LogP contribution < -0.4 is 10.6 Å². The predicted molar refractivity (Wildman–Crippen MR) is 122 cm³/mol. The van der Waals surface area contributed by atoms with Gasteiger partial charge in [-0.2, -0.15) is 10.1 Å². The van der Waals surface area contributed by atoms with Crippen LogP contribution in [-0.4, -0.2) is 9.97 Å². The summed E-state index contributed by atoms with van der Waals surface area (Å²) in [5.74, 6) is 1.08. The topological polar surface area (TPSA) is 74.6 Å². The Morgan fingerprint density at radius 2 is 1.23 bits per heavy atom. The summed E-state index contributed by atoms with van der Waals surface area (Å²) in [6.07, 6.45) is 0. The van der Waals surface area contributed by atoms with E-state index in [0.29, 0.717) is 17.5 Å². The molecule has 6 nitrogen and oxygen atoms in total. The van der Waals surface area contributed by atoms with Crippen molar-refractivity contribution in [1.29, 1.82) is 0 Å². The van der Waals surface area contributed by atoms with E-state index in [1.807, 2.05) is 98.8 Å². The Balaban J connectivity index is 1.70. The molecule has 148 valence electrons. The lowest BCUT2D eigenvalue weighted by Crippen LogP contribution is -2.03. The Hall–Kier alpha value is -4.06. The lowest BCUT2D eigenvalue weighted by Gasteiger charge is -2.12. The fraction of sp³-hybridized carbons (Fsp3) is 0.0833. The largest absolute Gasteiger partial charge is 0.338 e. The zero-order chi connectivity index (χ0) is 20.8. The lowest BCUT2D eigenvalue weighted by molar-refractivity contribution is 1.07. The average molecular weight is 394 g/mol. The van der Waals surface area contributed by atoms with E-state index in [-0.39, 0.29) is 0 Å². The van der Waals surface area contributed by atoms with E-state index in [9.17, 15) is 0 Å². The maximum absolute atomic E-state index is 4.66. The molecule has 1 heterocycles. The number of aromatic nitrogens is 2. The molecule has 0 aliphatic carbocycles. The third-order valence-corrected chi connectivity index (χ3v) is 4.42. The first-order chi connectivity index (χ1) is 14.7. The van der Waals surface area contributed by atoms with Crippen molar-refractivity contribution in [1.82, 2.24) is 9.97 Å². The van der Waals surface area contributed by atoms with Crippen molar-refractivity contribution in [3.8, 4) is 0 Å². The maximum Gasteiger partial charge on any atom is 0.229 e. The van der Waals surface area contributed by atoms with E-state index in [1.165, 1.54) is 5.56 Å². The summed E-state index contributed by atoms with van der Waals surface area (Å²) in [5, 5.41) is 15.4. The van der Waals surface area contributed by atoms with Crippen molar-refractivity contribution in [3.05, 3.63) is 96.2 Å². The van der Waals surface area contributed by atoms with E-state index < -0.39 is 0 Å². The van der Waals surface area contributed by atoms with Gasteiger partial charge in [-0.1, -0.05) is 54.1 Å². The summed E-state index contributed by atoms with van der Waals surface area (Å²) in [5.41, 5.74) is 5.09. The van der Waals surface area contributed by atoms with Crippen LogP contribution in [0.5, 0.6) is 0 Å². The van der Waals surface area contributed by atoms with Gasteiger partial charge in [0.1, 0.15) is 5.69 Å². The molecule has 0 fully saturated rings. The molecule has 4 aromatic rings.